The molecule has 0 heterocycles. The van der Waals surface area contributed by atoms with Crippen LogP contribution in [0.1, 0.15) is 52.7 Å². The van der Waals surface area contributed by atoms with E-state index >= 15 is 0 Å². The number of hydrogen-bond acceptors (Lipinski definition) is 8. The first-order chi connectivity index (χ1) is 19.7. The van der Waals surface area contributed by atoms with Crippen LogP contribution in [0, 0.1) is 22.0 Å². The van der Waals surface area contributed by atoms with Gasteiger partial charge in [-0.2, -0.15) is 13.2 Å². The van der Waals surface area contributed by atoms with Gasteiger partial charge in [0.05, 0.1) is 17.7 Å². The number of amides is 2. The second-order valence-electron chi connectivity index (χ2n) is 10.8. The molecule has 0 radical (unpaired) electrons. The van der Waals surface area contributed by atoms with Crippen molar-refractivity contribution in [3.63, 3.8) is 0 Å². The molecule has 2 amide bonds. The average Bonchev–Trinajstić information content (AvgIpc) is 2.82. The summed E-state index contributed by atoms with van der Waals surface area (Å²) in [6.45, 7) is 10.6. The minimum Gasteiger partial charge on any atom is -0.456 e. The molecular weight excluding hydrogens is 573 g/mol. The number of rotatable bonds is 7. The number of halogens is 3. The number of ether oxygens (including phenoxy) is 3. The summed E-state index contributed by atoms with van der Waals surface area (Å²) in [6, 6.07) is 9.83. The van der Waals surface area contributed by atoms with Gasteiger partial charge < -0.3 is 30.2 Å². The Bertz CT molecular complexity index is 1300. The molecule has 236 valence electrons. The van der Waals surface area contributed by atoms with Crippen molar-refractivity contribution in [3.05, 3.63) is 63.7 Å². The van der Waals surface area contributed by atoms with Crippen molar-refractivity contribution in [3.8, 4) is 23.3 Å². The fourth-order valence-corrected chi connectivity index (χ4v) is 2.97. The summed E-state index contributed by atoms with van der Waals surface area (Å²) in [5, 5.41) is 16.7. The molecular formula is C29H37F3N4O7. The summed E-state index contributed by atoms with van der Waals surface area (Å²) in [7, 11) is 0.889. The third kappa shape index (κ3) is 17.0. The topological polar surface area (TPSA) is 141 Å². The molecule has 14 heteroatoms. The molecule has 0 aromatic heterocycles. The molecule has 0 aliphatic heterocycles. The normalized spacial score (nSPS) is 11.0. The van der Waals surface area contributed by atoms with Crippen LogP contribution in [0.3, 0.4) is 0 Å². The van der Waals surface area contributed by atoms with Gasteiger partial charge in [0.2, 0.25) is 0 Å². The number of alkyl carbamates (subject to hydrolysis) is 2. The van der Waals surface area contributed by atoms with E-state index in [0.29, 0.717) is 5.56 Å². The number of hydrogen-bond donors (Lipinski definition) is 3. The lowest BCUT2D eigenvalue weighted by molar-refractivity contribution is -0.445. The zero-order chi connectivity index (χ0) is 32.8. The molecule has 0 aliphatic carbocycles. The second-order valence-corrected chi connectivity index (χ2v) is 10.8. The van der Waals surface area contributed by atoms with E-state index < -0.39 is 40.1 Å². The Morgan fingerprint density at radius 3 is 2.02 bits per heavy atom. The van der Waals surface area contributed by atoms with Crippen LogP contribution >= 0.6 is 0 Å². The van der Waals surface area contributed by atoms with Crippen molar-refractivity contribution >= 4 is 17.9 Å². The minimum absolute atomic E-state index is 0.00178. The van der Waals surface area contributed by atoms with E-state index in [2.05, 4.69) is 27.8 Å². The van der Waals surface area contributed by atoms with Crippen LogP contribution in [0.5, 0.6) is 11.5 Å². The van der Waals surface area contributed by atoms with Crippen LogP contribution in [0.15, 0.2) is 42.5 Å². The van der Waals surface area contributed by atoms with E-state index in [0.717, 1.165) is 19.2 Å². The molecule has 0 saturated heterocycles. The number of benzene rings is 2. The van der Waals surface area contributed by atoms with E-state index in [1.54, 1.807) is 65.8 Å². The van der Waals surface area contributed by atoms with E-state index in [1.807, 2.05) is 0 Å². The number of nitrogens with zero attached hydrogens (tertiary/aromatic N) is 1. The van der Waals surface area contributed by atoms with Gasteiger partial charge in [-0.05, 0) is 65.8 Å². The van der Waals surface area contributed by atoms with Crippen LogP contribution in [0.2, 0.25) is 0 Å². The van der Waals surface area contributed by atoms with Crippen LogP contribution in [-0.2, 0) is 15.7 Å². The maximum Gasteiger partial charge on any atom is 0.416 e. The second kappa shape index (κ2) is 16.1. The fraction of sp³-hybridized carbons (Fsp3) is 0.448. The van der Waals surface area contributed by atoms with Gasteiger partial charge >= 0.3 is 18.4 Å². The maximum atomic E-state index is 13.6. The van der Waals surface area contributed by atoms with Crippen molar-refractivity contribution in [2.75, 3.05) is 32.0 Å². The van der Waals surface area contributed by atoms with E-state index in [4.69, 9.17) is 24.3 Å². The maximum absolute atomic E-state index is 13.6. The van der Waals surface area contributed by atoms with Crippen LogP contribution < -0.4 is 20.7 Å². The Hall–Kier alpha value is -4.67. The molecule has 3 N–H and O–H groups in total. The first-order valence-corrected chi connectivity index (χ1v) is 13.0. The monoisotopic (exact) mass is 610 g/mol. The highest BCUT2D eigenvalue weighted by atomic mass is 19.4. The van der Waals surface area contributed by atoms with Gasteiger partial charge in [0.25, 0.3) is 0 Å². The van der Waals surface area contributed by atoms with E-state index in [-0.39, 0.29) is 36.8 Å². The van der Waals surface area contributed by atoms with Crippen molar-refractivity contribution in [1.82, 2.24) is 10.6 Å². The average molecular weight is 611 g/mol. The summed E-state index contributed by atoms with van der Waals surface area (Å²) in [6.07, 6.45) is -5.86. The highest BCUT2D eigenvalue weighted by Gasteiger charge is 2.31. The highest BCUT2D eigenvalue weighted by molar-refractivity contribution is 5.68. The largest absolute Gasteiger partial charge is 0.456 e. The first-order valence-electron chi connectivity index (χ1n) is 13.0. The van der Waals surface area contributed by atoms with Crippen LogP contribution in [0.4, 0.5) is 28.4 Å². The summed E-state index contributed by atoms with van der Waals surface area (Å²) in [5.74, 6) is 5.79. The zero-order valence-corrected chi connectivity index (χ0v) is 25.1. The zero-order valence-electron chi connectivity index (χ0n) is 25.1. The molecule has 11 nitrogen and oxygen atoms in total. The fourth-order valence-electron chi connectivity index (χ4n) is 2.97. The first kappa shape index (κ1) is 36.4. The third-order valence-corrected chi connectivity index (χ3v) is 4.41. The van der Waals surface area contributed by atoms with E-state index in [1.165, 1.54) is 6.07 Å². The third-order valence-electron chi connectivity index (χ3n) is 4.41. The number of carbonyl (C=O) groups is 2. The minimum atomic E-state index is -4.61. The van der Waals surface area contributed by atoms with Gasteiger partial charge in [-0.15, -0.1) is 0 Å². The van der Waals surface area contributed by atoms with Crippen molar-refractivity contribution in [2.24, 2.45) is 0 Å². The molecule has 0 fully saturated rings. The smallest absolute Gasteiger partial charge is 0.416 e. The highest BCUT2D eigenvalue weighted by Crippen LogP contribution is 2.36. The predicted octanol–water partition coefficient (Wildman–Crippen LogP) is 6.20. The molecule has 0 saturated carbocycles. The number of carbonyl (C=O) groups excluding carboxylic acids is 2. The lowest BCUT2D eigenvalue weighted by Gasteiger charge is -2.20. The lowest BCUT2D eigenvalue weighted by atomic mass is 10.1. The molecule has 0 aliphatic rings. The number of nitrogens with one attached hydrogen (secondary N) is 3. The van der Waals surface area contributed by atoms with Gasteiger partial charge in [-0.1, -0.05) is 24.0 Å². The molecule has 2 aromatic carbocycles. The van der Waals surface area contributed by atoms with Crippen molar-refractivity contribution < 1.29 is 41.9 Å². The standard InChI is InChI=1S/C28H34F3N3O5.CH3NO2/c1-26(2,3)38-24(35)33-13-9-11-19-10-7-8-12-23(19)37-22-17-20(28(29,30)31)16-21(18-22)32-14-15-34-25(36)39-27(4,5)6;1-2(3)4/h7-8,10,12,16-18,32H,13-15H2,1-6H3,(H,33,35)(H,34,36);1H3. The SMILES string of the molecule is CC(C)(C)OC(=O)NCC#Cc1ccccc1Oc1cc(NCCNC(=O)OC(C)(C)C)cc(C(F)(F)F)c1.C[N+](=O)[O-]. The van der Waals surface area contributed by atoms with Gasteiger partial charge in [-0.25, -0.2) is 9.59 Å². The van der Waals surface area contributed by atoms with Gasteiger partial charge in [-0.3, -0.25) is 10.1 Å². The Kier molecular flexibility index (Phi) is 13.6. The van der Waals surface area contributed by atoms with Gasteiger partial charge in [0.1, 0.15) is 22.7 Å². The Balaban J connectivity index is 0.00000217. The molecule has 2 rings (SSSR count). The molecule has 0 unspecified atom stereocenters. The number of nitro groups is 1. The van der Waals surface area contributed by atoms with Crippen molar-refractivity contribution in [2.45, 2.75) is 58.9 Å². The molecule has 0 bridgehead atoms. The molecule has 2 aromatic rings. The number of alkyl halides is 3. The van der Waals surface area contributed by atoms with Crippen LogP contribution in [-0.4, -0.2) is 55.0 Å². The summed E-state index contributed by atoms with van der Waals surface area (Å²) in [5.41, 5.74) is -1.66. The predicted molar refractivity (Wildman–Crippen MR) is 155 cm³/mol. The van der Waals surface area contributed by atoms with Gasteiger partial charge in [0.15, 0.2) is 7.05 Å². The molecule has 43 heavy (non-hydrogen) atoms. The van der Waals surface area contributed by atoms with Gasteiger partial charge in [0, 0.05) is 29.8 Å². The quantitative estimate of drug-likeness (QED) is 0.146. The Labute approximate surface area is 248 Å². The summed E-state index contributed by atoms with van der Waals surface area (Å²) in [4.78, 5) is 31.8. The number of para-hydroxylation sites is 1. The number of anilines is 1. The Morgan fingerprint density at radius 1 is 0.907 bits per heavy atom. The molecule has 0 atom stereocenters. The van der Waals surface area contributed by atoms with Crippen LogP contribution in [0.25, 0.3) is 0 Å². The van der Waals surface area contributed by atoms with Crippen molar-refractivity contribution in [1.29, 1.82) is 0 Å². The summed E-state index contributed by atoms with van der Waals surface area (Å²) < 4.78 is 56.8. The van der Waals surface area contributed by atoms with E-state index in [9.17, 15) is 22.8 Å². The summed E-state index contributed by atoms with van der Waals surface area (Å²) >= 11 is 0. The Morgan fingerprint density at radius 2 is 1.47 bits per heavy atom. The lowest BCUT2D eigenvalue weighted by Crippen LogP contribution is -2.35. The molecule has 0 spiro atoms.